The fourth-order valence-electron chi connectivity index (χ4n) is 2.43. The summed E-state index contributed by atoms with van der Waals surface area (Å²) in [7, 11) is 0. The van der Waals surface area contributed by atoms with Crippen LogP contribution < -0.4 is 10.1 Å². The van der Waals surface area contributed by atoms with Crippen LogP contribution in [0.2, 0.25) is 0 Å². The number of benzene rings is 1. The molecule has 0 bridgehead atoms. The second-order valence-electron chi connectivity index (χ2n) is 5.64. The highest BCUT2D eigenvalue weighted by molar-refractivity contribution is 7.14. The van der Waals surface area contributed by atoms with E-state index in [1.54, 1.807) is 22.9 Å². The van der Waals surface area contributed by atoms with E-state index >= 15 is 0 Å². The number of hydrogen-bond donors (Lipinski definition) is 1. The molecule has 2 aromatic heterocycles. The number of carbonyl (C=O) groups excluding carboxylic acids is 1. The molecule has 3 rings (SSSR count). The molecule has 5 nitrogen and oxygen atoms in total. The normalized spacial score (nSPS) is 10.7. The number of halogens is 1. The Hall–Kier alpha value is -2.67. The van der Waals surface area contributed by atoms with E-state index in [2.05, 4.69) is 10.4 Å². The summed E-state index contributed by atoms with van der Waals surface area (Å²) in [6, 6.07) is 9.65. The quantitative estimate of drug-likeness (QED) is 0.739. The fraction of sp³-hybridized carbons (Fsp3) is 0.222. The molecule has 0 atom stereocenters. The van der Waals surface area contributed by atoms with Crippen molar-refractivity contribution in [3.8, 4) is 5.75 Å². The number of aromatic nitrogens is 2. The molecular weight excluding hydrogens is 341 g/mol. The summed E-state index contributed by atoms with van der Waals surface area (Å²) >= 11 is 1.44. The van der Waals surface area contributed by atoms with Crippen molar-refractivity contribution in [3.63, 3.8) is 0 Å². The summed E-state index contributed by atoms with van der Waals surface area (Å²) in [5.74, 6) is -0.0906. The zero-order valence-electron chi connectivity index (χ0n) is 14.2. The minimum absolute atomic E-state index is 0.129. The van der Waals surface area contributed by atoms with Crippen LogP contribution in [0.25, 0.3) is 0 Å². The first-order valence-corrected chi connectivity index (χ1v) is 8.56. The van der Waals surface area contributed by atoms with E-state index in [1.165, 1.54) is 23.5 Å². The molecule has 0 saturated carbocycles. The summed E-state index contributed by atoms with van der Waals surface area (Å²) in [6.07, 6.45) is 0. The van der Waals surface area contributed by atoms with Crippen LogP contribution in [0, 0.1) is 26.6 Å². The van der Waals surface area contributed by atoms with Gasteiger partial charge in [-0.05, 0) is 45.0 Å². The van der Waals surface area contributed by atoms with Crippen molar-refractivity contribution >= 4 is 22.9 Å². The number of ether oxygens (including phenoxy) is 1. The smallest absolute Gasteiger partial charge is 0.265 e. The molecule has 0 fully saturated rings. The first kappa shape index (κ1) is 17.2. The SMILES string of the molecule is Cc1ccc(C(=O)Nc2c(C)nn(COc3cccc(F)c3)c2C)s1. The standard InChI is InChI=1S/C18H18FN3O2S/c1-11-7-8-16(25-11)18(23)20-17-12(2)21-22(13(17)3)10-24-15-6-4-5-14(19)9-15/h4-9H,10H2,1-3H3,(H,20,23). The highest BCUT2D eigenvalue weighted by Crippen LogP contribution is 2.23. The van der Waals surface area contributed by atoms with Crippen molar-refractivity contribution in [2.24, 2.45) is 0 Å². The van der Waals surface area contributed by atoms with Crippen molar-refractivity contribution in [3.05, 3.63) is 63.4 Å². The van der Waals surface area contributed by atoms with E-state index < -0.39 is 0 Å². The van der Waals surface area contributed by atoms with Crippen molar-refractivity contribution in [2.75, 3.05) is 5.32 Å². The van der Waals surface area contributed by atoms with Crippen LogP contribution in [0.1, 0.15) is 25.9 Å². The average Bonchev–Trinajstić information content (AvgIpc) is 3.12. The fourth-order valence-corrected chi connectivity index (χ4v) is 3.19. The lowest BCUT2D eigenvalue weighted by Gasteiger charge is -2.08. The van der Waals surface area contributed by atoms with E-state index in [0.717, 1.165) is 10.6 Å². The van der Waals surface area contributed by atoms with Gasteiger partial charge in [-0.15, -0.1) is 11.3 Å². The van der Waals surface area contributed by atoms with Gasteiger partial charge in [-0.25, -0.2) is 9.07 Å². The molecule has 1 amide bonds. The predicted molar refractivity (Wildman–Crippen MR) is 95.7 cm³/mol. The van der Waals surface area contributed by atoms with Crippen molar-refractivity contribution < 1.29 is 13.9 Å². The Morgan fingerprint density at radius 2 is 2.08 bits per heavy atom. The number of rotatable bonds is 5. The summed E-state index contributed by atoms with van der Waals surface area (Å²) in [5, 5.41) is 7.29. The molecule has 0 radical (unpaired) electrons. The van der Waals surface area contributed by atoms with Crippen LogP contribution in [0.4, 0.5) is 10.1 Å². The molecular formula is C18H18FN3O2S. The van der Waals surface area contributed by atoms with Gasteiger partial charge in [0, 0.05) is 10.9 Å². The number of carbonyl (C=O) groups is 1. The topological polar surface area (TPSA) is 56.2 Å². The van der Waals surface area contributed by atoms with Gasteiger partial charge in [0.2, 0.25) is 0 Å². The number of aryl methyl sites for hydroxylation is 2. The van der Waals surface area contributed by atoms with E-state index in [1.807, 2.05) is 26.8 Å². The summed E-state index contributed by atoms with van der Waals surface area (Å²) in [4.78, 5) is 14.1. The zero-order valence-corrected chi connectivity index (χ0v) is 15.0. The molecule has 2 heterocycles. The Bertz CT molecular complexity index is 917. The first-order valence-electron chi connectivity index (χ1n) is 7.74. The molecule has 130 valence electrons. The van der Waals surface area contributed by atoms with Crippen LogP contribution in [-0.4, -0.2) is 15.7 Å². The van der Waals surface area contributed by atoms with Gasteiger partial charge in [0.15, 0.2) is 6.73 Å². The van der Waals surface area contributed by atoms with Gasteiger partial charge in [0.1, 0.15) is 11.6 Å². The van der Waals surface area contributed by atoms with Gasteiger partial charge in [-0.2, -0.15) is 5.10 Å². The third-order valence-electron chi connectivity index (χ3n) is 3.73. The number of hydrogen-bond acceptors (Lipinski definition) is 4. The Balaban J connectivity index is 1.73. The van der Waals surface area contributed by atoms with Gasteiger partial charge >= 0.3 is 0 Å². The van der Waals surface area contributed by atoms with Gasteiger partial charge < -0.3 is 10.1 Å². The van der Waals surface area contributed by atoms with Crippen LogP contribution in [0.5, 0.6) is 5.75 Å². The summed E-state index contributed by atoms with van der Waals surface area (Å²) < 4.78 is 20.4. The maximum Gasteiger partial charge on any atom is 0.265 e. The predicted octanol–water partition coefficient (Wildman–Crippen LogP) is 4.30. The monoisotopic (exact) mass is 359 g/mol. The Morgan fingerprint density at radius 3 is 2.76 bits per heavy atom. The maximum absolute atomic E-state index is 13.2. The molecule has 25 heavy (non-hydrogen) atoms. The molecule has 1 N–H and O–H groups in total. The first-order chi connectivity index (χ1) is 11.9. The van der Waals surface area contributed by atoms with Gasteiger partial charge in [-0.1, -0.05) is 6.07 Å². The van der Waals surface area contributed by atoms with Gasteiger partial charge in [0.25, 0.3) is 5.91 Å². The molecule has 7 heteroatoms. The lowest BCUT2D eigenvalue weighted by molar-refractivity contribution is 0.103. The maximum atomic E-state index is 13.2. The van der Waals surface area contributed by atoms with Crippen molar-refractivity contribution in [1.29, 1.82) is 0 Å². The lowest BCUT2D eigenvalue weighted by Crippen LogP contribution is -2.12. The number of anilines is 1. The summed E-state index contributed by atoms with van der Waals surface area (Å²) in [6.45, 7) is 5.76. The Morgan fingerprint density at radius 1 is 1.28 bits per heavy atom. The molecule has 0 unspecified atom stereocenters. The van der Waals surface area contributed by atoms with Crippen LogP contribution in [-0.2, 0) is 6.73 Å². The second-order valence-corrected chi connectivity index (χ2v) is 6.93. The molecule has 0 aliphatic carbocycles. The van der Waals surface area contributed by atoms with E-state index in [9.17, 15) is 9.18 Å². The highest BCUT2D eigenvalue weighted by atomic mass is 32.1. The number of thiophene rings is 1. The molecule has 0 aliphatic heterocycles. The van der Waals surface area contributed by atoms with Crippen molar-refractivity contribution in [1.82, 2.24) is 9.78 Å². The van der Waals surface area contributed by atoms with Crippen LogP contribution in [0.3, 0.4) is 0 Å². The van der Waals surface area contributed by atoms with Crippen LogP contribution >= 0.6 is 11.3 Å². The minimum atomic E-state index is -0.356. The van der Waals surface area contributed by atoms with Crippen molar-refractivity contribution in [2.45, 2.75) is 27.5 Å². The number of nitrogens with one attached hydrogen (secondary N) is 1. The number of amides is 1. The van der Waals surface area contributed by atoms with Gasteiger partial charge in [-0.3, -0.25) is 4.79 Å². The molecule has 3 aromatic rings. The highest BCUT2D eigenvalue weighted by Gasteiger charge is 2.16. The molecule has 0 saturated heterocycles. The average molecular weight is 359 g/mol. The number of nitrogens with zero attached hydrogens (tertiary/aromatic N) is 2. The minimum Gasteiger partial charge on any atom is -0.471 e. The molecule has 0 aliphatic rings. The Kier molecular flexibility index (Phi) is 4.85. The van der Waals surface area contributed by atoms with Gasteiger partial charge in [0.05, 0.1) is 22.0 Å². The zero-order chi connectivity index (χ0) is 18.0. The summed E-state index contributed by atoms with van der Waals surface area (Å²) in [5.41, 5.74) is 2.14. The van der Waals surface area contributed by atoms with E-state index in [0.29, 0.717) is 22.0 Å². The van der Waals surface area contributed by atoms with E-state index in [4.69, 9.17) is 4.74 Å². The Labute approximate surface area is 149 Å². The second kappa shape index (κ2) is 7.06. The van der Waals surface area contributed by atoms with Crippen LogP contribution in [0.15, 0.2) is 36.4 Å². The third-order valence-corrected chi connectivity index (χ3v) is 4.73. The lowest BCUT2D eigenvalue weighted by atomic mass is 10.3. The largest absolute Gasteiger partial charge is 0.471 e. The molecule has 0 spiro atoms. The molecule has 1 aromatic carbocycles. The van der Waals surface area contributed by atoms with E-state index in [-0.39, 0.29) is 18.5 Å². The third kappa shape index (κ3) is 3.88.